The van der Waals surface area contributed by atoms with Crippen molar-refractivity contribution in [1.29, 1.82) is 0 Å². The summed E-state index contributed by atoms with van der Waals surface area (Å²) in [6, 6.07) is 13.9. The molecule has 1 heterocycles. The molecule has 1 aliphatic heterocycles. The van der Waals surface area contributed by atoms with Gasteiger partial charge < -0.3 is 0 Å². The van der Waals surface area contributed by atoms with Gasteiger partial charge >= 0.3 is 0 Å². The van der Waals surface area contributed by atoms with E-state index in [-0.39, 0.29) is 40.6 Å². The second-order valence-electron chi connectivity index (χ2n) is 7.33. The molecule has 0 unspecified atom stereocenters. The number of nitrogens with zero attached hydrogens (tertiary/aromatic N) is 2. The Bertz CT molecular complexity index is 1460. The van der Waals surface area contributed by atoms with Crippen molar-refractivity contribution in [2.75, 3.05) is 0 Å². The van der Waals surface area contributed by atoms with Crippen LogP contribution in [0, 0.1) is 0 Å². The number of aliphatic imine (C=N–C) groups is 1. The van der Waals surface area contributed by atoms with E-state index in [1.165, 1.54) is 36.4 Å². The van der Waals surface area contributed by atoms with Gasteiger partial charge in [0.2, 0.25) is 0 Å². The van der Waals surface area contributed by atoms with Crippen molar-refractivity contribution in [3.8, 4) is 0 Å². The first-order chi connectivity index (χ1) is 17.1. The van der Waals surface area contributed by atoms with E-state index in [0.717, 1.165) is 21.1 Å². The van der Waals surface area contributed by atoms with Gasteiger partial charge in [0.15, 0.2) is 11.8 Å². The van der Waals surface area contributed by atoms with Crippen molar-refractivity contribution in [1.82, 2.24) is 4.90 Å². The fourth-order valence-electron chi connectivity index (χ4n) is 3.26. The SMILES string of the molecule is O=C(N=C1SC(=S)N(C(=O)c2ccc(Cl)c(Cl)c2)[C@@H]1C(=O)c1ccc(Br)cc1)c1ccc(Cl)c(Cl)c1. The molecule has 0 spiro atoms. The quantitative estimate of drug-likeness (QED) is 0.209. The third-order valence-electron chi connectivity index (χ3n) is 5.02. The third-order valence-corrected chi connectivity index (χ3v) is 8.37. The van der Waals surface area contributed by atoms with Crippen molar-refractivity contribution in [3.05, 3.63) is 102 Å². The van der Waals surface area contributed by atoms with Crippen LogP contribution in [0.25, 0.3) is 0 Å². The van der Waals surface area contributed by atoms with Crippen LogP contribution in [0.5, 0.6) is 0 Å². The van der Waals surface area contributed by atoms with E-state index in [0.29, 0.717) is 5.56 Å². The Balaban J connectivity index is 1.78. The molecule has 4 rings (SSSR count). The molecule has 0 N–H and O–H groups in total. The molecular weight excluding hydrogens is 650 g/mol. The van der Waals surface area contributed by atoms with Crippen LogP contribution in [-0.2, 0) is 0 Å². The Labute approximate surface area is 243 Å². The van der Waals surface area contributed by atoms with Gasteiger partial charge in [-0.2, -0.15) is 0 Å². The molecule has 36 heavy (non-hydrogen) atoms. The highest BCUT2D eigenvalue weighted by Crippen LogP contribution is 2.33. The van der Waals surface area contributed by atoms with Crippen LogP contribution in [0.4, 0.5) is 0 Å². The van der Waals surface area contributed by atoms with E-state index in [2.05, 4.69) is 20.9 Å². The van der Waals surface area contributed by atoms with Crippen LogP contribution < -0.4 is 0 Å². The molecular formula is C24H11BrCl4N2O3S2. The van der Waals surface area contributed by atoms with E-state index in [4.69, 9.17) is 58.6 Å². The first-order valence-corrected chi connectivity index (χ1v) is 13.5. The average molecular weight is 661 g/mol. The zero-order valence-electron chi connectivity index (χ0n) is 17.7. The van der Waals surface area contributed by atoms with Gasteiger partial charge in [-0.1, -0.05) is 86.7 Å². The number of carbonyl (C=O) groups is 3. The second-order valence-corrected chi connectivity index (χ2v) is 11.5. The number of thioether (sulfide) groups is 1. The number of ketones is 1. The summed E-state index contributed by atoms with van der Waals surface area (Å²) in [6.45, 7) is 0. The Kier molecular flexibility index (Phi) is 8.56. The van der Waals surface area contributed by atoms with E-state index in [1.54, 1.807) is 24.3 Å². The predicted octanol–water partition coefficient (Wildman–Crippen LogP) is 8.03. The maximum absolute atomic E-state index is 13.6. The lowest BCUT2D eigenvalue weighted by atomic mass is 10.0. The normalized spacial score (nSPS) is 16.5. The maximum atomic E-state index is 13.6. The first-order valence-electron chi connectivity index (χ1n) is 9.95. The van der Waals surface area contributed by atoms with Crippen molar-refractivity contribution in [2.45, 2.75) is 6.04 Å². The number of rotatable bonds is 4. The fourth-order valence-corrected chi connectivity index (χ4v) is 5.48. The van der Waals surface area contributed by atoms with Gasteiger partial charge in [0.25, 0.3) is 11.8 Å². The lowest BCUT2D eigenvalue weighted by Gasteiger charge is -2.23. The summed E-state index contributed by atoms with van der Waals surface area (Å²) in [5.74, 6) is -1.73. The average Bonchev–Trinajstić information content (AvgIpc) is 3.17. The highest BCUT2D eigenvalue weighted by atomic mass is 79.9. The largest absolute Gasteiger partial charge is 0.291 e. The predicted molar refractivity (Wildman–Crippen MR) is 153 cm³/mol. The number of amides is 2. The topological polar surface area (TPSA) is 66.8 Å². The van der Waals surface area contributed by atoms with Crippen LogP contribution in [0.1, 0.15) is 31.1 Å². The molecule has 0 aromatic heterocycles. The standard InChI is InChI=1S/C24H11BrCl4N2O3S2/c25-14-5-1-11(2-6-14)20(32)19-22(30-21(33)12-3-7-15(26)17(28)9-12)36-24(35)31(19)23(34)13-4-8-16(27)18(29)10-13/h1-10,19H/t19-/m1/s1. The molecule has 3 aromatic carbocycles. The lowest BCUT2D eigenvalue weighted by molar-refractivity contribution is 0.0777. The summed E-state index contributed by atoms with van der Waals surface area (Å²) in [5, 5.41) is 0.941. The molecule has 3 aromatic rings. The second kappa shape index (κ2) is 11.3. The number of carbonyl (C=O) groups excluding carboxylic acids is 3. The molecule has 0 aliphatic carbocycles. The van der Waals surface area contributed by atoms with Crippen molar-refractivity contribution in [2.24, 2.45) is 4.99 Å². The summed E-state index contributed by atoms with van der Waals surface area (Å²) < 4.78 is 0.824. The number of hydrogen-bond acceptors (Lipinski definition) is 5. The molecule has 0 saturated carbocycles. The van der Waals surface area contributed by atoms with Gasteiger partial charge in [-0.15, -0.1) is 0 Å². The summed E-state index contributed by atoms with van der Waals surface area (Å²) in [4.78, 5) is 45.4. The molecule has 0 radical (unpaired) electrons. The van der Waals surface area contributed by atoms with E-state index < -0.39 is 23.6 Å². The number of hydrogen-bond donors (Lipinski definition) is 0. The smallest absolute Gasteiger partial charge is 0.277 e. The Morgan fingerprint density at radius 3 is 1.92 bits per heavy atom. The number of Topliss-reactive ketones (excluding diaryl/α,β-unsaturated/α-hetero) is 1. The van der Waals surface area contributed by atoms with Gasteiger partial charge in [-0.05, 0) is 60.3 Å². The molecule has 12 heteroatoms. The van der Waals surface area contributed by atoms with Crippen molar-refractivity contribution < 1.29 is 14.4 Å². The number of benzene rings is 3. The Morgan fingerprint density at radius 2 is 1.33 bits per heavy atom. The zero-order chi connectivity index (χ0) is 26.1. The highest BCUT2D eigenvalue weighted by Gasteiger charge is 2.45. The minimum Gasteiger partial charge on any atom is -0.291 e. The summed E-state index contributed by atoms with van der Waals surface area (Å²) in [5.41, 5.74) is 0.626. The van der Waals surface area contributed by atoms with E-state index >= 15 is 0 Å². The summed E-state index contributed by atoms with van der Waals surface area (Å²) in [7, 11) is 0. The Hall–Kier alpha value is -1.78. The van der Waals surface area contributed by atoms with Crippen LogP contribution >= 0.6 is 86.3 Å². The zero-order valence-corrected chi connectivity index (χ0v) is 23.9. The third kappa shape index (κ3) is 5.70. The van der Waals surface area contributed by atoms with Gasteiger partial charge in [0.1, 0.15) is 9.36 Å². The van der Waals surface area contributed by atoms with Crippen LogP contribution in [0.15, 0.2) is 70.1 Å². The lowest BCUT2D eigenvalue weighted by Crippen LogP contribution is -2.45. The molecule has 1 fully saturated rings. The molecule has 0 bridgehead atoms. The molecule has 1 aliphatic rings. The summed E-state index contributed by atoms with van der Waals surface area (Å²) >= 11 is 33.7. The molecule has 1 atom stereocenters. The van der Waals surface area contributed by atoms with Gasteiger partial charge in [0.05, 0.1) is 20.1 Å². The maximum Gasteiger partial charge on any atom is 0.277 e. The molecule has 5 nitrogen and oxygen atoms in total. The monoisotopic (exact) mass is 658 g/mol. The first kappa shape index (κ1) is 27.3. The minimum atomic E-state index is -1.27. The molecule has 182 valence electrons. The van der Waals surface area contributed by atoms with Gasteiger partial charge in [-0.25, -0.2) is 4.99 Å². The van der Waals surface area contributed by atoms with Crippen molar-refractivity contribution in [3.63, 3.8) is 0 Å². The summed E-state index contributed by atoms with van der Waals surface area (Å²) in [6.07, 6.45) is 0. The molecule has 2 amide bonds. The van der Waals surface area contributed by atoms with Gasteiger partial charge in [-0.3, -0.25) is 19.3 Å². The van der Waals surface area contributed by atoms with Crippen molar-refractivity contribution >= 4 is 113 Å². The van der Waals surface area contributed by atoms with E-state index in [9.17, 15) is 14.4 Å². The van der Waals surface area contributed by atoms with Crippen LogP contribution in [0.3, 0.4) is 0 Å². The van der Waals surface area contributed by atoms with Gasteiger partial charge in [0, 0.05) is 21.2 Å². The minimum absolute atomic E-state index is 0.0531. The Morgan fingerprint density at radius 1 is 0.806 bits per heavy atom. The van der Waals surface area contributed by atoms with E-state index in [1.807, 2.05) is 0 Å². The number of thiocarbonyl (C=S) groups is 1. The van der Waals surface area contributed by atoms with Crippen LogP contribution in [0.2, 0.25) is 20.1 Å². The molecule has 1 saturated heterocycles. The highest BCUT2D eigenvalue weighted by molar-refractivity contribution is 9.10. The number of halogens is 5. The fraction of sp³-hybridized carbons (Fsp3) is 0.0417. The van der Waals surface area contributed by atoms with Crippen LogP contribution in [-0.4, -0.2) is 37.9 Å².